The van der Waals surface area contributed by atoms with Gasteiger partial charge in [0.1, 0.15) is 0 Å². The minimum atomic E-state index is -0.773. The number of carboxylic acids is 1. The molecule has 5 heteroatoms. The molecule has 0 bridgehead atoms. The van der Waals surface area contributed by atoms with Crippen LogP contribution in [-0.2, 0) is 4.79 Å². The van der Waals surface area contributed by atoms with Crippen LogP contribution in [0, 0.1) is 10.8 Å². The molecule has 19 heavy (non-hydrogen) atoms. The molecule has 1 heterocycles. The van der Waals surface area contributed by atoms with Crippen LogP contribution >= 0.6 is 0 Å². The zero-order valence-electron chi connectivity index (χ0n) is 10.7. The second-order valence-corrected chi connectivity index (χ2v) is 4.99. The maximum Gasteiger partial charge on any atom is 0.303 e. The first-order chi connectivity index (χ1) is 9.20. The predicted octanol–water partition coefficient (Wildman–Crippen LogP) is 2.64. The number of carbonyl (C=O) groups is 1. The Morgan fingerprint density at radius 3 is 2.47 bits per heavy atom. The third kappa shape index (κ3) is 3.53. The summed E-state index contributed by atoms with van der Waals surface area (Å²) in [4.78, 5) is 21.5. The van der Waals surface area contributed by atoms with Crippen molar-refractivity contribution in [3.63, 3.8) is 0 Å². The second-order valence-electron chi connectivity index (χ2n) is 4.99. The summed E-state index contributed by atoms with van der Waals surface area (Å²) >= 11 is 0. The Bertz CT molecular complexity index is 428. The molecule has 2 rings (SSSR count). The third-order valence-corrected chi connectivity index (χ3v) is 3.82. The van der Waals surface area contributed by atoms with Gasteiger partial charge in [-0.15, -0.1) is 4.91 Å². The van der Waals surface area contributed by atoms with E-state index in [1.165, 1.54) is 5.01 Å². The highest BCUT2D eigenvalue weighted by Gasteiger charge is 2.29. The Hall–Kier alpha value is -1.91. The van der Waals surface area contributed by atoms with Gasteiger partial charge >= 0.3 is 5.97 Å². The summed E-state index contributed by atoms with van der Waals surface area (Å²) < 4.78 is 0. The van der Waals surface area contributed by atoms with Crippen molar-refractivity contribution in [1.82, 2.24) is 5.01 Å². The number of piperidine rings is 1. The van der Waals surface area contributed by atoms with Crippen molar-refractivity contribution >= 4 is 5.97 Å². The number of hydrogen-bond acceptors (Lipinski definition) is 3. The molecule has 0 amide bonds. The van der Waals surface area contributed by atoms with Crippen LogP contribution in [0.2, 0.25) is 0 Å². The molecule has 102 valence electrons. The summed E-state index contributed by atoms with van der Waals surface area (Å²) in [6, 6.07) is 9.77. The van der Waals surface area contributed by atoms with Crippen molar-refractivity contribution in [3.8, 4) is 0 Å². The molecule has 1 aromatic rings. The number of nitrogens with zero attached hydrogens (tertiary/aromatic N) is 2. The largest absolute Gasteiger partial charge is 0.481 e. The van der Waals surface area contributed by atoms with Crippen molar-refractivity contribution in [3.05, 3.63) is 40.8 Å². The summed E-state index contributed by atoms with van der Waals surface area (Å²) in [6.45, 7) is 1.24. The average Bonchev–Trinajstić information content (AvgIpc) is 2.46. The topological polar surface area (TPSA) is 70.0 Å². The van der Waals surface area contributed by atoms with Gasteiger partial charge < -0.3 is 5.11 Å². The van der Waals surface area contributed by atoms with Gasteiger partial charge in [-0.2, -0.15) is 0 Å². The first-order valence-corrected chi connectivity index (χ1v) is 6.55. The zero-order chi connectivity index (χ0) is 13.7. The molecule has 5 nitrogen and oxygen atoms in total. The summed E-state index contributed by atoms with van der Waals surface area (Å²) in [5.74, 6) is -0.450. The molecule has 0 radical (unpaired) electrons. The van der Waals surface area contributed by atoms with Crippen LogP contribution in [0.5, 0.6) is 0 Å². The van der Waals surface area contributed by atoms with Crippen molar-refractivity contribution < 1.29 is 9.90 Å². The van der Waals surface area contributed by atoms with Gasteiger partial charge in [0.25, 0.3) is 0 Å². The fourth-order valence-corrected chi connectivity index (χ4v) is 2.81. The molecule has 1 fully saturated rings. The lowest BCUT2D eigenvalue weighted by atomic mass is 9.78. The van der Waals surface area contributed by atoms with Gasteiger partial charge in [0.15, 0.2) is 0 Å². The van der Waals surface area contributed by atoms with Gasteiger partial charge in [-0.3, -0.25) is 9.80 Å². The number of benzene rings is 1. The SMILES string of the molecule is O=NN1CCC(C(CC(=O)O)c2ccccc2)CC1. The molecule has 0 aliphatic carbocycles. The quantitative estimate of drug-likeness (QED) is 0.828. The van der Waals surface area contributed by atoms with E-state index >= 15 is 0 Å². The summed E-state index contributed by atoms with van der Waals surface area (Å²) in [5.41, 5.74) is 1.07. The number of hydrogen-bond donors (Lipinski definition) is 1. The van der Waals surface area contributed by atoms with Gasteiger partial charge in [-0.1, -0.05) is 30.3 Å². The molecule has 0 spiro atoms. The minimum absolute atomic E-state index is 0.0208. The first kappa shape index (κ1) is 13.5. The predicted molar refractivity (Wildman–Crippen MR) is 71.5 cm³/mol. The van der Waals surface area contributed by atoms with Gasteiger partial charge in [-0.05, 0) is 30.2 Å². The lowest BCUT2D eigenvalue weighted by Gasteiger charge is -2.33. The highest BCUT2D eigenvalue weighted by Crippen LogP contribution is 2.35. The molecule has 1 unspecified atom stereocenters. The van der Waals surface area contributed by atoms with Crippen LogP contribution in [0.1, 0.15) is 30.7 Å². The monoisotopic (exact) mass is 262 g/mol. The zero-order valence-corrected chi connectivity index (χ0v) is 10.7. The van der Waals surface area contributed by atoms with Crippen molar-refractivity contribution in [1.29, 1.82) is 0 Å². The summed E-state index contributed by atoms with van der Waals surface area (Å²) in [6.07, 6.45) is 1.78. The van der Waals surface area contributed by atoms with E-state index in [1.54, 1.807) is 0 Å². The smallest absolute Gasteiger partial charge is 0.303 e. The molecular weight excluding hydrogens is 244 g/mol. The van der Waals surface area contributed by atoms with E-state index in [1.807, 2.05) is 30.3 Å². The fraction of sp³-hybridized carbons (Fsp3) is 0.500. The van der Waals surface area contributed by atoms with Gasteiger partial charge in [0, 0.05) is 13.1 Å². The Morgan fingerprint density at radius 1 is 1.32 bits per heavy atom. The molecular formula is C14H18N2O3. The Kier molecular flexibility index (Phi) is 4.49. The first-order valence-electron chi connectivity index (χ1n) is 6.55. The maximum atomic E-state index is 11.1. The van der Waals surface area contributed by atoms with Crippen LogP contribution < -0.4 is 0 Å². The molecule has 1 saturated heterocycles. The van der Waals surface area contributed by atoms with E-state index < -0.39 is 5.97 Å². The molecule has 1 aliphatic heterocycles. The molecule has 1 N–H and O–H groups in total. The van der Waals surface area contributed by atoms with E-state index in [2.05, 4.69) is 5.29 Å². The fourth-order valence-electron chi connectivity index (χ4n) is 2.81. The second kappa shape index (κ2) is 6.31. The van der Waals surface area contributed by atoms with E-state index in [-0.39, 0.29) is 12.3 Å². The van der Waals surface area contributed by atoms with Gasteiger partial charge in [0.2, 0.25) is 0 Å². The Balaban J connectivity index is 2.10. The molecule has 0 aromatic heterocycles. The number of carboxylic acid groups (broad SMARTS) is 1. The van der Waals surface area contributed by atoms with Crippen molar-refractivity contribution in [2.45, 2.75) is 25.2 Å². The summed E-state index contributed by atoms with van der Waals surface area (Å²) in [7, 11) is 0. The van der Waals surface area contributed by atoms with Crippen molar-refractivity contribution in [2.75, 3.05) is 13.1 Å². The molecule has 1 aliphatic rings. The normalized spacial score (nSPS) is 18.0. The Labute approximate surface area is 112 Å². The number of rotatable bonds is 5. The van der Waals surface area contributed by atoms with Crippen LogP contribution in [-0.4, -0.2) is 29.2 Å². The van der Waals surface area contributed by atoms with Gasteiger partial charge in [0.05, 0.1) is 11.7 Å². The third-order valence-electron chi connectivity index (χ3n) is 3.82. The minimum Gasteiger partial charge on any atom is -0.481 e. The number of nitroso groups, excluding NO2 is 1. The van der Waals surface area contributed by atoms with Crippen LogP contribution in [0.3, 0.4) is 0 Å². The average molecular weight is 262 g/mol. The van der Waals surface area contributed by atoms with E-state index in [9.17, 15) is 9.70 Å². The Morgan fingerprint density at radius 2 is 1.95 bits per heavy atom. The lowest BCUT2D eigenvalue weighted by molar-refractivity contribution is -0.137. The van der Waals surface area contributed by atoms with Crippen LogP contribution in [0.15, 0.2) is 35.6 Å². The highest BCUT2D eigenvalue weighted by molar-refractivity contribution is 5.68. The maximum absolute atomic E-state index is 11.1. The molecule has 1 aromatic carbocycles. The van der Waals surface area contributed by atoms with E-state index in [0.717, 1.165) is 18.4 Å². The molecule has 0 saturated carbocycles. The highest BCUT2D eigenvalue weighted by atomic mass is 16.4. The number of aliphatic carboxylic acids is 1. The van der Waals surface area contributed by atoms with Crippen LogP contribution in [0.25, 0.3) is 0 Å². The van der Waals surface area contributed by atoms with Gasteiger partial charge in [-0.25, -0.2) is 0 Å². The van der Waals surface area contributed by atoms with Crippen molar-refractivity contribution in [2.24, 2.45) is 11.2 Å². The van der Waals surface area contributed by atoms with E-state index in [0.29, 0.717) is 19.0 Å². The standard InChI is InChI=1S/C14H18N2O3/c17-14(18)10-13(11-4-2-1-3-5-11)12-6-8-16(15-19)9-7-12/h1-5,12-13H,6-10H2,(H,17,18). The lowest BCUT2D eigenvalue weighted by Crippen LogP contribution is -2.32. The van der Waals surface area contributed by atoms with E-state index in [4.69, 9.17) is 5.11 Å². The summed E-state index contributed by atoms with van der Waals surface area (Å²) in [5, 5.41) is 13.6. The van der Waals surface area contributed by atoms with Crippen LogP contribution in [0.4, 0.5) is 0 Å². The molecule has 1 atom stereocenters.